The average molecular weight is 292 g/mol. The first-order valence-electron chi connectivity index (χ1n) is 7.57. The smallest absolute Gasteiger partial charge is 0.255 e. The molecule has 0 aliphatic carbocycles. The van der Waals surface area contributed by atoms with Gasteiger partial charge in [-0.25, -0.2) is 4.98 Å². The Morgan fingerprint density at radius 3 is 2.76 bits per heavy atom. The van der Waals surface area contributed by atoms with Gasteiger partial charge in [-0.2, -0.15) is 0 Å². The minimum atomic E-state index is -0.374. The van der Waals surface area contributed by atoms with Crippen molar-refractivity contribution < 1.29 is 14.6 Å². The summed E-state index contributed by atoms with van der Waals surface area (Å²) in [5.41, 5.74) is 0.567. The van der Waals surface area contributed by atoms with Crippen LogP contribution in [0.2, 0.25) is 0 Å². The molecule has 2 atom stereocenters. The topological polar surface area (TPSA) is 62.7 Å². The highest BCUT2D eigenvalue weighted by atomic mass is 16.5. The van der Waals surface area contributed by atoms with Gasteiger partial charge in [0, 0.05) is 31.3 Å². The van der Waals surface area contributed by atoms with Crippen LogP contribution in [0.25, 0.3) is 0 Å². The number of aromatic nitrogens is 1. The molecule has 2 unspecified atom stereocenters. The minimum Gasteiger partial charge on any atom is -0.475 e. The van der Waals surface area contributed by atoms with Gasteiger partial charge in [0.2, 0.25) is 5.88 Å². The lowest BCUT2D eigenvalue weighted by molar-refractivity contribution is 0.0465. The molecule has 0 saturated carbocycles. The molecular weight excluding hydrogens is 268 g/mol. The molecule has 1 aromatic rings. The number of hydrogen-bond donors (Lipinski definition) is 1. The number of ether oxygens (including phenoxy) is 1. The van der Waals surface area contributed by atoms with E-state index in [1.165, 1.54) is 0 Å². The summed E-state index contributed by atoms with van der Waals surface area (Å²) in [5.74, 6) is 0.671. The molecule has 2 rings (SSSR count). The van der Waals surface area contributed by atoms with Crippen LogP contribution in [0.3, 0.4) is 0 Å². The monoisotopic (exact) mass is 292 g/mol. The summed E-state index contributed by atoms with van der Waals surface area (Å²) in [7, 11) is 0. The van der Waals surface area contributed by atoms with Gasteiger partial charge in [-0.05, 0) is 39.7 Å². The van der Waals surface area contributed by atoms with Gasteiger partial charge in [-0.3, -0.25) is 4.79 Å². The summed E-state index contributed by atoms with van der Waals surface area (Å²) in [4.78, 5) is 18.4. The van der Waals surface area contributed by atoms with E-state index in [4.69, 9.17) is 4.74 Å². The van der Waals surface area contributed by atoms with E-state index in [0.717, 1.165) is 19.4 Å². The van der Waals surface area contributed by atoms with Crippen molar-refractivity contribution >= 4 is 5.91 Å². The van der Waals surface area contributed by atoms with Crippen LogP contribution >= 0.6 is 0 Å². The highest BCUT2D eigenvalue weighted by molar-refractivity contribution is 5.94. The molecule has 1 N–H and O–H groups in total. The predicted molar refractivity (Wildman–Crippen MR) is 80.3 cm³/mol. The van der Waals surface area contributed by atoms with E-state index in [9.17, 15) is 9.90 Å². The zero-order valence-corrected chi connectivity index (χ0v) is 13.0. The van der Waals surface area contributed by atoms with Gasteiger partial charge in [-0.1, -0.05) is 0 Å². The van der Waals surface area contributed by atoms with Crippen molar-refractivity contribution in [1.82, 2.24) is 9.88 Å². The lowest BCUT2D eigenvalue weighted by Gasteiger charge is -2.34. The molecule has 21 heavy (non-hydrogen) atoms. The van der Waals surface area contributed by atoms with E-state index in [2.05, 4.69) is 4.98 Å². The van der Waals surface area contributed by atoms with E-state index >= 15 is 0 Å². The molecule has 1 aliphatic rings. The fourth-order valence-corrected chi connectivity index (χ4v) is 2.59. The van der Waals surface area contributed by atoms with Gasteiger partial charge in [0.15, 0.2) is 0 Å². The first-order chi connectivity index (χ1) is 9.97. The number of nitrogens with zero attached hydrogens (tertiary/aromatic N) is 2. The van der Waals surface area contributed by atoms with Crippen molar-refractivity contribution in [1.29, 1.82) is 0 Å². The lowest BCUT2D eigenvalue weighted by atomic mass is 9.93. The lowest BCUT2D eigenvalue weighted by Crippen LogP contribution is -2.42. The second-order valence-corrected chi connectivity index (χ2v) is 5.95. The maximum atomic E-state index is 12.5. The van der Waals surface area contributed by atoms with Gasteiger partial charge in [0.05, 0.1) is 17.8 Å². The van der Waals surface area contributed by atoms with Crippen LogP contribution in [0.15, 0.2) is 18.3 Å². The number of amides is 1. The molecule has 5 heteroatoms. The molecule has 1 aliphatic heterocycles. The van der Waals surface area contributed by atoms with Crippen molar-refractivity contribution in [3.05, 3.63) is 23.9 Å². The van der Waals surface area contributed by atoms with E-state index < -0.39 is 0 Å². The second kappa shape index (κ2) is 6.89. The Hall–Kier alpha value is -1.62. The molecule has 0 aromatic carbocycles. The number of carbonyl (C=O) groups is 1. The molecule has 0 bridgehead atoms. The minimum absolute atomic E-state index is 0.0241. The van der Waals surface area contributed by atoms with Crippen LogP contribution in [0.4, 0.5) is 0 Å². The van der Waals surface area contributed by atoms with Crippen molar-refractivity contribution in [2.75, 3.05) is 13.1 Å². The van der Waals surface area contributed by atoms with E-state index in [1.807, 2.05) is 13.8 Å². The van der Waals surface area contributed by atoms with Crippen LogP contribution in [0.5, 0.6) is 5.88 Å². The summed E-state index contributed by atoms with van der Waals surface area (Å²) in [6.45, 7) is 7.01. The van der Waals surface area contributed by atoms with Gasteiger partial charge in [0.25, 0.3) is 5.91 Å². The van der Waals surface area contributed by atoms with Crippen molar-refractivity contribution in [2.24, 2.45) is 5.92 Å². The third kappa shape index (κ3) is 4.17. The zero-order chi connectivity index (χ0) is 15.4. The number of likely N-dealkylation sites (tertiary alicyclic amines) is 1. The van der Waals surface area contributed by atoms with Crippen molar-refractivity contribution in [2.45, 2.75) is 45.8 Å². The number of pyridine rings is 1. The quantitative estimate of drug-likeness (QED) is 0.923. The normalized spacial score (nSPS) is 20.4. The van der Waals surface area contributed by atoms with E-state index in [-0.39, 0.29) is 24.0 Å². The highest BCUT2D eigenvalue weighted by Crippen LogP contribution is 2.21. The summed E-state index contributed by atoms with van der Waals surface area (Å²) in [5, 5.41) is 9.70. The first kappa shape index (κ1) is 15.8. The Labute approximate surface area is 125 Å². The van der Waals surface area contributed by atoms with Gasteiger partial charge in [0.1, 0.15) is 0 Å². The molecule has 0 spiro atoms. The van der Waals surface area contributed by atoms with Crippen molar-refractivity contribution in [3.8, 4) is 5.88 Å². The molecule has 116 valence electrons. The van der Waals surface area contributed by atoms with Crippen molar-refractivity contribution in [3.63, 3.8) is 0 Å². The molecule has 5 nitrogen and oxygen atoms in total. The standard InChI is InChI=1S/C16H24N2O3/c1-11(2)21-15-7-6-13(9-17-15)16(20)18-8-4-5-14(10-18)12(3)19/h6-7,9,11-12,14,19H,4-5,8,10H2,1-3H3. The Morgan fingerprint density at radius 1 is 1.43 bits per heavy atom. The van der Waals surface area contributed by atoms with E-state index in [0.29, 0.717) is 18.0 Å². The Kier molecular flexibility index (Phi) is 5.17. The third-order valence-corrected chi connectivity index (χ3v) is 3.77. The van der Waals surface area contributed by atoms with Gasteiger partial charge < -0.3 is 14.7 Å². The zero-order valence-electron chi connectivity index (χ0n) is 13.0. The SMILES string of the molecule is CC(C)Oc1ccc(C(=O)N2CCCC(C(C)O)C2)cn1. The fraction of sp³-hybridized carbons (Fsp3) is 0.625. The first-order valence-corrected chi connectivity index (χ1v) is 7.57. The van der Waals surface area contributed by atoms with E-state index in [1.54, 1.807) is 30.2 Å². The van der Waals surface area contributed by atoms with Gasteiger partial charge in [-0.15, -0.1) is 0 Å². The number of aliphatic hydroxyl groups is 1. The fourth-order valence-electron chi connectivity index (χ4n) is 2.59. The predicted octanol–water partition coefficient (Wildman–Crippen LogP) is 2.10. The second-order valence-electron chi connectivity index (χ2n) is 5.95. The molecule has 2 heterocycles. The number of carbonyl (C=O) groups excluding carboxylic acids is 1. The van der Waals surface area contributed by atoms with Crippen LogP contribution in [0.1, 0.15) is 44.0 Å². The average Bonchev–Trinajstić information content (AvgIpc) is 2.47. The summed E-state index contributed by atoms with van der Waals surface area (Å²) >= 11 is 0. The summed E-state index contributed by atoms with van der Waals surface area (Å²) in [6.07, 6.45) is 3.16. The molecule has 1 amide bonds. The molecule has 1 fully saturated rings. The number of aliphatic hydroxyl groups excluding tert-OH is 1. The summed E-state index contributed by atoms with van der Waals surface area (Å²) in [6, 6.07) is 3.47. The van der Waals surface area contributed by atoms with Crippen LogP contribution in [-0.2, 0) is 0 Å². The van der Waals surface area contributed by atoms with Gasteiger partial charge >= 0.3 is 0 Å². The summed E-state index contributed by atoms with van der Waals surface area (Å²) < 4.78 is 5.47. The van der Waals surface area contributed by atoms with Crippen LogP contribution in [-0.4, -0.2) is 46.2 Å². The van der Waals surface area contributed by atoms with Crippen LogP contribution in [0, 0.1) is 5.92 Å². The molecule has 1 saturated heterocycles. The maximum absolute atomic E-state index is 12.5. The Bertz CT molecular complexity index is 471. The molecule has 0 radical (unpaired) electrons. The molecule has 1 aromatic heterocycles. The third-order valence-electron chi connectivity index (χ3n) is 3.77. The highest BCUT2D eigenvalue weighted by Gasteiger charge is 2.27. The Balaban J connectivity index is 2.02. The largest absolute Gasteiger partial charge is 0.475 e. The molecular formula is C16H24N2O3. The number of piperidine rings is 1. The number of rotatable bonds is 4. The maximum Gasteiger partial charge on any atom is 0.255 e. The number of hydrogen-bond acceptors (Lipinski definition) is 4. The Morgan fingerprint density at radius 2 is 2.19 bits per heavy atom. The van der Waals surface area contributed by atoms with Crippen LogP contribution < -0.4 is 4.74 Å².